The van der Waals surface area contributed by atoms with Crippen LogP contribution in [-0.2, 0) is 0 Å². The zero-order valence-corrected chi connectivity index (χ0v) is 8.59. The lowest BCUT2D eigenvalue weighted by Gasteiger charge is -2.06. The molecular weight excluding hydrogens is 196 g/mol. The Kier molecular flexibility index (Phi) is 3.04. The van der Waals surface area contributed by atoms with Crippen LogP contribution in [0.1, 0.15) is 0 Å². The second kappa shape index (κ2) is 3.65. The van der Waals surface area contributed by atoms with Gasteiger partial charge in [0.25, 0.3) is 0 Å². The summed E-state index contributed by atoms with van der Waals surface area (Å²) < 4.78 is 5.02. The Bertz CT molecular complexity index is 273. The molecule has 11 heavy (non-hydrogen) atoms. The van der Waals surface area contributed by atoms with Crippen LogP contribution in [0.5, 0.6) is 5.75 Å². The van der Waals surface area contributed by atoms with Gasteiger partial charge >= 0.3 is 0 Å². The Labute approximate surface area is 82.4 Å². The molecule has 1 aromatic carbocycles. The van der Waals surface area contributed by atoms with Crippen LogP contribution in [0.15, 0.2) is 26.8 Å². The van der Waals surface area contributed by atoms with Crippen LogP contribution >= 0.6 is 37.9 Å². The van der Waals surface area contributed by atoms with Crippen LogP contribution in [0, 0.1) is 0 Å². The lowest BCUT2D eigenvalue weighted by atomic mass is 10.3. The molecule has 0 aliphatic heterocycles. The summed E-state index contributed by atoms with van der Waals surface area (Å²) in [4.78, 5) is 2.28. The minimum absolute atomic E-state index is 0.719. The van der Waals surface area contributed by atoms with Crippen LogP contribution in [0.25, 0.3) is 0 Å². The highest BCUT2D eigenvalue weighted by Crippen LogP contribution is 2.32. The Morgan fingerprint density at radius 2 is 1.73 bits per heavy atom. The molecule has 1 rings (SSSR count). The van der Waals surface area contributed by atoms with Crippen molar-refractivity contribution in [2.75, 3.05) is 7.11 Å². The van der Waals surface area contributed by atoms with E-state index in [2.05, 4.69) is 37.9 Å². The molecule has 0 amide bonds. The molecule has 0 saturated carbocycles. The second-order valence-electron chi connectivity index (χ2n) is 1.98. The molecule has 1 aromatic rings. The molecule has 0 spiro atoms. The van der Waals surface area contributed by atoms with E-state index in [1.165, 1.54) is 0 Å². The molecular formula is C7H8OS3. The summed E-state index contributed by atoms with van der Waals surface area (Å²) in [7, 11) is 1.60. The molecule has 0 heterocycles. The minimum atomic E-state index is 0.719. The number of benzene rings is 1. The molecule has 0 aliphatic rings. The van der Waals surface area contributed by atoms with E-state index >= 15 is 0 Å². The minimum Gasteiger partial charge on any atom is -0.496 e. The number of hydrogen-bond donors (Lipinski definition) is 3. The fraction of sp³-hybridized carbons (Fsp3) is 0.143. The van der Waals surface area contributed by atoms with E-state index in [-0.39, 0.29) is 0 Å². The molecule has 60 valence electrons. The van der Waals surface area contributed by atoms with Crippen LogP contribution in [0.4, 0.5) is 0 Å². The Balaban J connectivity index is 3.25. The van der Waals surface area contributed by atoms with Crippen molar-refractivity contribution in [2.45, 2.75) is 14.7 Å². The SMILES string of the molecule is COc1ccc(S)c(S)c1S. The summed E-state index contributed by atoms with van der Waals surface area (Å²) in [6.45, 7) is 0. The lowest BCUT2D eigenvalue weighted by molar-refractivity contribution is 0.402. The Hall–Kier alpha value is 0.0700. The van der Waals surface area contributed by atoms with E-state index in [1.807, 2.05) is 12.1 Å². The molecule has 0 aliphatic carbocycles. The maximum absolute atomic E-state index is 5.02. The van der Waals surface area contributed by atoms with E-state index in [0.717, 1.165) is 20.4 Å². The predicted octanol–water partition coefficient (Wildman–Crippen LogP) is 2.56. The number of thiol groups is 3. The largest absolute Gasteiger partial charge is 0.496 e. The van der Waals surface area contributed by atoms with Gasteiger partial charge in [0.05, 0.1) is 12.0 Å². The van der Waals surface area contributed by atoms with E-state index in [9.17, 15) is 0 Å². The van der Waals surface area contributed by atoms with Gasteiger partial charge in [0.1, 0.15) is 5.75 Å². The van der Waals surface area contributed by atoms with Gasteiger partial charge in [0, 0.05) is 9.79 Å². The highest BCUT2D eigenvalue weighted by molar-refractivity contribution is 7.85. The van der Waals surface area contributed by atoms with Crippen molar-refractivity contribution in [3.63, 3.8) is 0 Å². The first-order valence-corrected chi connectivity index (χ1v) is 4.29. The highest BCUT2D eigenvalue weighted by atomic mass is 32.1. The monoisotopic (exact) mass is 204 g/mol. The standard InChI is InChI=1S/C7H8OS3/c1-8-4-2-3-5(9)7(11)6(4)10/h2-3,9-11H,1H3. The van der Waals surface area contributed by atoms with Crippen molar-refractivity contribution in [1.82, 2.24) is 0 Å². The summed E-state index contributed by atoms with van der Waals surface area (Å²) in [6, 6.07) is 3.63. The molecule has 0 unspecified atom stereocenters. The van der Waals surface area contributed by atoms with Gasteiger partial charge in [-0.15, -0.1) is 37.9 Å². The van der Waals surface area contributed by atoms with Gasteiger partial charge in [-0.1, -0.05) is 0 Å². The molecule has 0 fully saturated rings. The third-order valence-corrected chi connectivity index (χ3v) is 2.95. The van der Waals surface area contributed by atoms with Crippen LogP contribution in [0.2, 0.25) is 0 Å². The Morgan fingerprint density at radius 3 is 2.27 bits per heavy atom. The molecule has 0 saturated heterocycles. The second-order valence-corrected chi connectivity index (χ2v) is 3.36. The summed E-state index contributed by atoms with van der Waals surface area (Å²) >= 11 is 12.6. The van der Waals surface area contributed by atoms with Gasteiger partial charge in [-0.05, 0) is 12.1 Å². The van der Waals surface area contributed by atoms with Crippen LogP contribution in [-0.4, -0.2) is 7.11 Å². The first-order chi connectivity index (χ1) is 5.16. The number of rotatable bonds is 1. The number of ether oxygens (including phenoxy) is 1. The fourth-order valence-electron chi connectivity index (χ4n) is 0.715. The lowest BCUT2D eigenvalue weighted by Crippen LogP contribution is -1.85. The van der Waals surface area contributed by atoms with Gasteiger partial charge in [0.15, 0.2) is 0 Å². The molecule has 0 radical (unpaired) electrons. The fourth-order valence-corrected chi connectivity index (χ4v) is 1.46. The molecule has 0 aromatic heterocycles. The van der Waals surface area contributed by atoms with Gasteiger partial charge in [-0.3, -0.25) is 0 Å². The average molecular weight is 204 g/mol. The van der Waals surface area contributed by atoms with Crippen molar-refractivity contribution in [2.24, 2.45) is 0 Å². The van der Waals surface area contributed by atoms with Gasteiger partial charge in [-0.25, -0.2) is 0 Å². The maximum Gasteiger partial charge on any atom is 0.133 e. The molecule has 0 N–H and O–H groups in total. The van der Waals surface area contributed by atoms with E-state index in [1.54, 1.807) is 7.11 Å². The summed E-state index contributed by atoms with van der Waals surface area (Å²) in [5, 5.41) is 0. The highest BCUT2D eigenvalue weighted by Gasteiger charge is 2.04. The molecule has 4 heteroatoms. The number of methoxy groups -OCH3 is 1. The van der Waals surface area contributed by atoms with Crippen molar-refractivity contribution < 1.29 is 4.74 Å². The zero-order chi connectivity index (χ0) is 8.43. The third-order valence-electron chi connectivity index (χ3n) is 1.31. The van der Waals surface area contributed by atoms with Crippen molar-refractivity contribution in [3.05, 3.63) is 12.1 Å². The van der Waals surface area contributed by atoms with Gasteiger partial charge in [-0.2, -0.15) is 0 Å². The smallest absolute Gasteiger partial charge is 0.133 e. The first kappa shape index (κ1) is 9.16. The first-order valence-electron chi connectivity index (χ1n) is 2.94. The van der Waals surface area contributed by atoms with Crippen LogP contribution < -0.4 is 4.74 Å². The molecule has 1 nitrogen and oxygen atoms in total. The topological polar surface area (TPSA) is 9.23 Å². The van der Waals surface area contributed by atoms with Gasteiger partial charge in [0.2, 0.25) is 0 Å². The zero-order valence-electron chi connectivity index (χ0n) is 5.90. The van der Waals surface area contributed by atoms with E-state index < -0.39 is 0 Å². The molecule has 0 atom stereocenters. The van der Waals surface area contributed by atoms with E-state index in [4.69, 9.17) is 4.74 Å². The van der Waals surface area contributed by atoms with Crippen molar-refractivity contribution >= 4 is 37.9 Å². The summed E-state index contributed by atoms with van der Waals surface area (Å²) in [6.07, 6.45) is 0. The number of hydrogen-bond acceptors (Lipinski definition) is 4. The Morgan fingerprint density at radius 1 is 1.09 bits per heavy atom. The summed E-state index contributed by atoms with van der Waals surface area (Å²) in [5.74, 6) is 0.719. The molecule has 0 bridgehead atoms. The third kappa shape index (κ3) is 1.80. The predicted molar refractivity (Wildman–Crippen MR) is 54.8 cm³/mol. The average Bonchev–Trinajstić information content (AvgIpc) is 2.01. The van der Waals surface area contributed by atoms with E-state index in [0.29, 0.717) is 0 Å². The quantitative estimate of drug-likeness (QED) is 0.596. The van der Waals surface area contributed by atoms with Crippen LogP contribution in [0.3, 0.4) is 0 Å². The van der Waals surface area contributed by atoms with Gasteiger partial charge < -0.3 is 4.74 Å². The normalized spacial score (nSPS) is 9.82. The summed E-state index contributed by atoms with van der Waals surface area (Å²) in [5.41, 5.74) is 0. The maximum atomic E-state index is 5.02. The van der Waals surface area contributed by atoms with Crippen molar-refractivity contribution in [1.29, 1.82) is 0 Å². The van der Waals surface area contributed by atoms with Crippen molar-refractivity contribution in [3.8, 4) is 5.75 Å².